The summed E-state index contributed by atoms with van der Waals surface area (Å²) in [6.07, 6.45) is -9.75. The molecule has 11 heteroatoms. The molecule has 0 aliphatic rings. The van der Waals surface area contributed by atoms with E-state index in [1.165, 1.54) is 30.6 Å². The first kappa shape index (κ1) is 26.7. The quantitative estimate of drug-likeness (QED) is 0.315. The molecule has 0 amide bonds. The number of nitrogens with one attached hydrogen (secondary N) is 1. The van der Waals surface area contributed by atoms with E-state index in [4.69, 9.17) is 9.47 Å². The Balaban J connectivity index is 1.97. The summed E-state index contributed by atoms with van der Waals surface area (Å²) in [5.41, 5.74) is 1.36. The van der Waals surface area contributed by atoms with E-state index in [2.05, 4.69) is 4.74 Å². The summed E-state index contributed by atoms with van der Waals surface area (Å²) in [4.78, 5) is 0. The smallest absolute Gasteiger partial charge is 0.491 e. The maximum absolute atomic E-state index is 13.0. The molecule has 184 valence electrons. The van der Waals surface area contributed by atoms with Gasteiger partial charge < -0.3 is 14.2 Å². The van der Waals surface area contributed by atoms with Crippen molar-refractivity contribution in [2.45, 2.75) is 44.1 Å². The third-order valence-electron chi connectivity index (χ3n) is 4.65. The number of benzene rings is 2. The summed E-state index contributed by atoms with van der Waals surface area (Å²) in [5, 5.41) is 1.25. The molecule has 0 heterocycles. The summed E-state index contributed by atoms with van der Waals surface area (Å²) in [5.74, 6) is 0.130. The van der Waals surface area contributed by atoms with Crippen LogP contribution in [0.1, 0.15) is 17.5 Å². The molecule has 0 bridgehead atoms. The molecule has 0 spiro atoms. The summed E-state index contributed by atoms with van der Waals surface area (Å²) in [6.45, 7) is -1.34. The van der Waals surface area contributed by atoms with Crippen LogP contribution in [0.2, 0.25) is 0 Å². The van der Waals surface area contributed by atoms with Gasteiger partial charge in [-0.2, -0.15) is 13.2 Å². The van der Waals surface area contributed by atoms with Crippen molar-refractivity contribution in [1.82, 2.24) is 5.32 Å². The van der Waals surface area contributed by atoms with E-state index >= 15 is 0 Å². The SMILES string of the molecule is COC(COc1ccccc1CCc1cccc(OC(F)(F)F)c1)CC(CF)NC(F)(F)F. The maximum Gasteiger partial charge on any atom is 0.573 e. The number of rotatable bonds is 12. The molecule has 2 aromatic carbocycles. The van der Waals surface area contributed by atoms with Crippen LogP contribution in [0.15, 0.2) is 48.5 Å². The lowest BCUT2D eigenvalue weighted by Gasteiger charge is -2.23. The Morgan fingerprint density at radius 1 is 0.939 bits per heavy atom. The fourth-order valence-corrected chi connectivity index (χ4v) is 3.15. The molecule has 0 saturated heterocycles. The number of halogens is 7. The summed E-state index contributed by atoms with van der Waals surface area (Å²) >= 11 is 0. The Labute approximate surface area is 186 Å². The third-order valence-corrected chi connectivity index (χ3v) is 4.65. The van der Waals surface area contributed by atoms with E-state index in [1.807, 2.05) is 0 Å². The molecule has 0 fully saturated rings. The number of aryl methyl sites for hydroxylation is 2. The number of para-hydroxylation sites is 1. The van der Waals surface area contributed by atoms with Crippen LogP contribution in [0.4, 0.5) is 30.7 Å². The average molecular weight is 483 g/mol. The number of ether oxygens (including phenoxy) is 3. The minimum atomic E-state index is -4.78. The van der Waals surface area contributed by atoms with Crippen LogP contribution in [0.25, 0.3) is 0 Å². The minimum Gasteiger partial charge on any atom is -0.491 e. The Bertz CT molecular complexity index is 858. The molecule has 0 saturated carbocycles. The first-order chi connectivity index (χ1) is 15.5. The van der Waals surface area contributed by atoms with Crippen molar-refractivity contribution in [2.75, 3.05) is 20.4 Å². The molecular formula is C22H24F7NO3. The standard InChI is InChI=1S/C22H24F7NO3/c1-31-19(12-17(13-23)30-21(24,25)26)14-32-20-8-3-2-6-16(20)10-9-15-5-4-7-18(11-15)33-22(27,28)29/h2-8,11,17,19,30H,9-10,12-14H2,1H3. The van der Waals surface area contributed by atoms with Gasteiger partial charge >= 0.3 is 12.7 Å². The van der Waals surface area contributed by atoms with E-state index < -0.39 is 31.5 Å². The largest absolute Gasteiger partial charge is 0.573 e. The van der Waals surface area contributed by atoms with Gasteiger partial charge in [0, 0.05) is 13.2 Å². The van der Waals surface area contributed by atoms with Gasteiger partial charge in [0.1, 0.15) is 24.8 Å². The highest BCUT2D eigenvalue weighted by Gasteiger charge is 2.32. The van der Waals surface area contributed by atoms with Crippen LogP contribution in [-0.4, -0.2) is 45.2 Å². The van der Waals surface area contributed by atoms with Crippen molar-refractivity contribution in [1.29, 1.82) is 0 Å². The lowest BCUT2D eigenvalue weighted by Crippen LogP contribution is -2.44. The van der Waals surface area contributed by atoms with Crippen molar-refractivity contribution in [3.63, 3.8) is 0 Å². The predicted octanol–water partition coefficient (Wildman–Crippen LogP) is 5.60. The fraction of sp³-hybridized carbons (Fsp3) is 0.455. The number of hydrogen-bond acceptors (Lipinski definition) is 4. The highest BCUT2D eigenvalue weighted by atomic mass is 19.4. The second kappa shape index (κ2) is 12.1. The molecule has 1 N–H and O–H groups in total. The number of hydrogen-bond donors (Lipinski definition) is 1. The van der Waals surface area contributed by atoms with E-state index in [-0.39, 0.29) is 18.8 Å². The van der Waals surface area contributed by atoms with Gasteiger partial charge in [0.25, 0.3) is 0 Å². The van der Waals surface area contributed by atoms with Crippen molar-refractivity contribution in [3.8, 4) is 11.5 Å². The van der Waals surface area contributed by atoms with Crippen molar-refractivity contribution in [3.05, 3.63) is 59.7 Å². The first-order valence-electron chi connectivity index (χ1n) is 9.97. The Morgan fingerprint density at radius 3 is 2.30 bits per heavy atom. The highest BCUT2D eigenvalue weighted by Crippen LogP contribution is 2.25. The lowest BCUT2D eigenvalue weighted by molar-refractivity contribution is -0.274. The van der Waals surface area contributed by atoms with Gasteiger partial charge in [-0.25, -0.2) is 9.71 Å². The molecule has 2 rings (SSSR count). The monoisotopic (exact) mass is 483 g/mol. The third kappa shape index (κ3) is 10.3. The normalized spacial score (nSPS) is 14.1. The highest BCUT2D eigenvalue weighted by molar-refractivity contribution is 5.35. The Kier molecular flexibility index (Phi) is 9.78. The average Bonchev–Trinajstić information content (AvgIpc) is 2.73. The summed E-state index contributed by atoms with van der Waals surface area (Å²) in [6, 6.07) is 11.0. The molecule has 2 unspecified atom stereocenters. The van der Waals surface area contributed by atoms with Crippen molar-refractivity contribution < 1.29 is 44.9 Å². The maximum atomic E-state index is 13.0. The van der Waals surface area contributed by atoms with E-state index in [0.717, 1.165) is 5.56 Å². The molecule has 2 aromatic rings. The van der Waals surface area contributed by atoms with Gasteiger partial charge in [-0.1, -0.05) is 30.3 Å². The van der Waals surface area contributed by atoms with Crippen LogP contribution in [0, 0.1) is 0 Å². The van der Waals surface area contributed by atoms with Crippen LogP contribution in [0.5, 0.6) is 11.5 Å². The minimum absolute atomic E-state index is 0.113. The molecule has 0 radical (unpaired) electrons. The molecule has 33 heavy (non-hydrogen) atoms. The molecule has 0 aliphatic heterocycles. The van der Waals surface area contributed by atoms with Crippen LogP contribution in [-0.2, 0) is 17.6 Å². The van der Waals surface area contributed by atoms with Gasteiger partial charge in [-0.3, -0.25) is 0 Å². The van der Waals surface area contributed by atoms with Gasteiger partial charge in [0.2, 0.25) is 0 Å². The molecule has 2 atom stereocenters. The van der Waals surface area contributed by atoms with Crippen molar-refractivity contribution in [2.24, 2.45) is 0 Å². The predicted molar refractivity (Wildman–Crippen MR) is 107 cm³/mol. The lowest BCUT2D eigenvalue weighted by atomic mass is 10.0. The summed E-state index contributed by atoms with van der Waals surface area (Å²) in [7, 11) is 1.29. The van der Waals surface area contributed by atoms with Crippen LogP contribution >= 0.6 is 0 Å². The van der Waals surface area contributed by atoms with Crippen LogP contribution in [0.3, 0.4) is 0 Å². The molecular weight excluding hydrogens is 459 g/mol. The molecule has 0 aliphatic carbocycles. The number of methoxy groups -OCH3 is 1. The zero-order valence-electron chi connectivity index (χ0n) is 17.7. The van der Waals surface area contributed by atoms with Gasteiger partial charge in [-0.15, -0.1) is 13.2 Å². The zero-order valence-corrected chi connectivity index (χ0v) is 17.7. The summed E-state index contributed by atoms with van der Waals surface area (Å²) < 4.78 is 102. The second-order valence-electron chi connectivity index (χ2n) is 7.20. The number of alkyl halides is 7. The van der Waals surface area contributed by atoms with E-state index in [9.17, 15) is 30.7 Å². The zero-order chi connectivity index (χ0) is 24.5. The molecule has 0 aromatic heterocycles. The van der Waals surface area contributed by atoms with Crippen LogP contribution < -0.4 is 14.8 Å². The van der Waals surface area contributed by atoms with Gasteiger partial charge in [0.15, 0.2) is 0 Å². The molecule has 4 nitrogen and oxygen atoms in total. The van der Waals surface area contributed by atoms with Gasteiger partial charge in [-0.05, 0) is 48.6 Å². The van der Waals surface area contributed by atoms with E-state index in [0.29, 0.717) is 24.2 Å². The first-order valence-corrected chi connectivity index (χ1v) is 9.97. The second-order valence-corrected chi connectivity index (χ2v) is 7.20. The topological polar surface area (TPSA) is 39.7 Å². The Hall–Kier alpha value is -2.53. The van der Waals surface area contributed by atoms with E-state index in [1.54, 1.807) is 30.3 Å². The van der Waals surface area contributed by atoms with Crippen molar-refractivity contribution >= 4 is 0 Å². The van der Waals surface area contributed by atoms with Gasteiger partial charge in [0.05, 0.1) is 6.10 Å². The Morgan fingerprint density at radius 2 is 1.67 bits per heavy atom. The fourth-order valence-electron chi connectivity index (χ4n) is 3.15.